The van der Waals surface area contributed by atoms with Gasteiger partial charge in [-0.15, -0.1) is 5.06 Å². The van der Waals surface area contributed by atoms with Crippen LogP contribution in [0.5, 0.6) is 0 Å². The van der Waals surface area contributed by atoms with Crippen LogP contribution in [-0.2, 0) is 25.7 Å². The van der Waals surface area contributed by atoms with Crippen molar-refractivity contribution in [2.75, 3.05) is 19.7 Å². The fraction of sp³-hybridized carbons (Fsp3) is 0.297. The fourth-order valence-corrected chi connectivity index (χ4v) is 5.25. The van der Waals surface area contributed by atoms with Gasteiger partial charge in [0.1, 0.15) is 12.2 Å². The highest BCUT2D eigenvalue weighted by atomic mass is 16.8. The number of carbonyl (C=O) groups is 2. The van der Waals surface area contributed by atoms with Crippen molar-refractivity contribution in [3.8, 4) is 0 Å². The fourth-order valence-electron chi connectivity index (χ4n) is 5.25. The van der Waals surface area contributed by atoms with Gasteiger partial charge in [-0.25, -0.2) is 9.59 Å². The van der Waals surface area contributed by atoms with E-state index in [1.807, 2.05) is 63.3 Å². The number of piperidine rings is 1. The SMILES string of the molecule is CC(C)(C)OC(=O)ON1CCC(c2ccc(C=CCOC(=O)c3ccccc3)cc2)C(OCc2ccc3ccccc3c2)C1. The lowest BCUT2D eigenvalue weighted by molar-refractivity contribution is -0.179. The zero-order valence-corrected chi connectivity index (χ0v) is 25.5. The summed E-state index contributed by atoms with van der Waals surface area (Å²) in [7, 11) is 0. The Morgan fingerprint density at radius 1 is 0.886 bits per heavy atom. The molecule has 1 heterocycles. The van der Waals surface area contributed by atoms with Gasteiger partial charge in [0.25, 0.3) is 0 Å². The molecular formula is C37H39NO6. The Labute approximate surface area is 258 Å². The highest BCUT2D eigenvalue weighted by Crippen LogP contribution is 2.32. The first-order chi connectivity index (χ1) is 21.2. The van der Waals surface area contributed by atoms with Gasteiger partial charge in [-0.1, -0.05) is 84.9 Å². The molecule has 7 nitrogen and oxygen atoms in total. The first kappa shape index (κ1) is 31.0. The van der Waals surface area contributed by atoms with Crippen LogP contribution in [0.15, 0.2) is 103 Å². The summed E-state index contributed by atoms with van der Waals surface area (Å²) in [5.41, 5.74) is 3.13. The van der Waals surface area contributed by atoms with Crippen molar-refractivity contribution in [2.45, 2.75) is 51.4 Å². The smallest absolute Gasteiger partial charge is 0.458 e. The van der Waals surface area contributed by atoms with Crippen molar-refractivity contribution in [3.05, 3.63) is 125 Å². The van der Waals surface area contributed by atoms with E-state index in [0.29, 0.717) is 25.3 Å². The van der Waals surface area contributed by atoms with Gasteiger partial charge < -0.3 is 19.0 Å². The third-order valence-electron chi connectivity index (χ3n) is 7.39. The summed E-state index contributed by atoms with van der Waals surface area (Å²) in [5.74, 6) is -0.235. The number of fused-ring (bicyclic) bond motifs is 1. The van der Waals surface area contributed by atoms with Crippen molar-refractivity contribution >= 4 is 29.0 Å². The molecule has 4 aromatic carbocycles. The van der Waals surface area contributed by atoms with Crippen molar-refractivity contribution in [3.63, 3.8) is 0 Å². The van der Waals surface area contributed by atoms with E-state index in [9.17, 15) is 9.59 Å². The Kier molecular flexibility index (Phi) is 10.1. The number of ether oxygens (including phenoxy) is 3. The largest absolute Gasteiger partial charge is 0.528 e. The molecule has 1 fully saturated rings. The molecule has 44 heavy (non-hydrogen) atoms. The maximum Gasteiger partial charge on any atom is 0.528 e. The maximum atomic E-state index is 12.4. The second-order valence-electron chi connectivity index (χ2n) is 11.9. The Bertz CT molecular complexity index is 1580. The van der Waals surface area contributed by atoms with Crippen LogP contribution in [0.2, 0.25) is 0 Å². The van der Waals surface area contributed by atoms with Crippen LogP contribution in [0, 0.1) is 0 Å². The van der Waals surface area contributed by atoms with Gasteiger partial charge in [0.05, 0.1) is 24.8 Å². The number of esters is 1. The molecule has 0 bridgehead atoms. The monoisotopic (exact) mass is 593 g/mol. The van der Waals surface area contributed by atoms with Crippen molar-refractivity contribution < 1.29 is 28.6 Å². The van der Waals surface area contributed by atoms with E-state index in [2.05, 4.69) is 54.6 Å². The van der Waals surface area contributed by atoms with Crippen LogP contribution in [-0.4, -0.2) is 48.6 Å². The van der Waals surface area contributed by atoms with Crippen molar-refractivity contribution in [1.82, 2.24) is 5.06 Å². The molecule has 0 amide bonds. The number of benzene rings is 4. The summed E-state index contributed by atoms with van der Waals surface area (Å²) in [4.78, 5) is 30.1. The molecule has 0 spiro atoms. The molecule has 0 radical (unpaired) electrons. The van der Waals surface area contributed by atoms with E-state index in [4.69, 9.17) is 19.0 Å². The lowest BCUT2D eigenvalue weighted by Gasteiger charge is -2.37. The molecule has 1 aliphatic heterocycles. The van der Waals surface area contributed by atoms with Gasteiger partial charge in [0.15, 0.2) is 0 Å². The first-order valence-electron chi connectivity index (χ1n) is 15.0. The van der Waals surface area contributed by atoms with Gasteiger partial charge in [0.2, 0.25) is 0 Å². The molecule has 4 aromatic rings. The third kappa shape index (κ3) is 8.78. The zero-order valence-electron chi connectivity index (χ0n) is 25.5. The van der Waals surface area contributed by atoms with Crippen molar-refractivity contribution in [1.29, 1.82) is 0 Å². The molecule has 5 rings (SSSR count). The minimum absolute atomic E-state index is 0.110. The van der Waals surface area contributed by atoms with Crippen LogP contribution in [0.3, 0.4) is 0 Å². The minimum Gasteiger partial charge on any atom is -0.458 e. The number of rotatable bonds is 9. The Morgan fingerprint density at radius 3 is 2.36 bits per heavy atom. The number of carbonyl (C=O) groups excluding carboxylic acids is 2. The number of hydrogen-bond donors (Lipinski definition) is 0. The molecule has 0 saturated carbocycles. The molecule has 2 atom stereocenters. The standard InChI is InChI=1S/C37H39NO6/c1-37(2,3)43-36(40)44-38-22-21-33(34(25-38)42-26-28-17-18-29-11-7-8-14-32(29)24-28)30-19-15-27(16-20-30)10-9-23-41-35(39)31-12-5-4-6-13-31/h4-20,24,33-34H,21-23,25-26H2,1-3H3. The average Bonchev–Trinajstić information content (AvgIpc) is 3.02. The van der Waals surface area contributed by atoms with E-state index in [1.54, 1.807) is 17.2 Å². The molecule has 228 valence electrons. The molecule has 1 saturated heterocycles. The highest BCUT2D eigenvalue weighted by Gasteiger charge is 2.34. The first-order valence-corrected chi connectivity index (χ1v) is 15.0. The summed E-state index contributed by atoms with van der Waals surface area (Å²) in [5, 5.41) is 4.00. The summed E-state index contributed by atoms with van der Waals surface area (Å²) in [6, 6.07) is 31.9. The topological polar surface area (TPSA) is 74.3 Å². The predicted octanol–water partition coefficient (Wildman–Crippen LogP) is 7.95. The lowest BCUT2D eigenvalue weighted by Crippen LogP contribution is -2.45. The normalized spacial score (nSPS) is 17.4. The molecule has 1 aliphatic rings. The van der Waals surface area contributed by atoms with Crippen LogP contribution in [0.1, 0.15) is 60.2 Å². The maximum absolute atomic E-state index is 12.4. The van der Waals surface area contributed by atoms with Gasteiger partial charge >= 0.3 is 12.1 Å². The van der Waals surface area contributed by atoms with E-state index in [-0.39, 0.29) is 24.6 Å². The molecule has 0 aliphatic carbocycles. The molecular weight excluding hydrogens is 554 g/mol. The van der Waals surface area contributed by atoms with Crippen molar-refractivity contribution in [2.24, 2.45) is 0 Å². The summed E-state index contributed by atoms with van der Waals surface area (Å²) in [6.07, 6.45) is 3.59. The second kappa shape index (κ2) is 14.3. The summed E-state index contributed by atoms with van der Waals surface area (Å²) < 4.78 is 17.2. The Balaban J connectivity index is 1.23. The number of hydroxylamine groups is 2. The van der Waals surface area contributed by atoms with Gasteiger partial charge in [0, 0.05) is 12.5 Å². The Hall–Kier alpha value is -4.46. The second-order valence-corrected chi connectivity index (χ2v) is 11.9. The lowest BCUT2D eigenvalue weighted by atomic mass is 9.87. The molecule has 7 heteroatoms. The molecule has 0 aromatic heterocycles. The zero-order chi connectivity index (χ0) is 30.9. The highest BCUT2D eigenvalue weighted by molar-refractivity contribution is 5.89. The van der Waals surface area contributed by atoms with Crippen LogP contribution in [0.4, 0.5) is 4.79 Å². The Morgan fingerprint density at radius 2 is 1.61 bits per heavy atom. The van der Waals surface area contributed by atoms with E-state index in [1.165, 1.54) is 10.8 Å². The van der Waals surface area contributed by atoms with Crippen LogP contribution < -0.4 is 0 Å². The van der Waals surface area contributed by atoms with Gasteiger partial charge in [-0.3, -0.25) is 0 Å². The summed E-state index contributed by atoms with van der Waals surface area (Å²) in [6.45, 7) is 7.05. The number of hydrogen-bond acceptors (Lipinski definition) is 7. The van der Waals surface area contributed by atoms with Crippen LogP contribution in [0.25, 0.3) is 16.8 Å². The van der Waals surface area contributed by atoms with E-state index < -0.39 is 11.8 Å². The quantitative estimate of drug-likeness (QED) is 0.182. The minimum atomic E-state index is -0.713. The van der Waals surface area contributed by atoms with E-state index in [0.717, 1.165) is 23.1 Å². The van der Waals surface area contributed by atoms with E-state index >= 15 is 0 Å². The number of nitrogens with zero attached hydrogens (tertiary/aromatic N) is 1. The van der Waals surface area contributed by atoms with Crippen LogP contribution >= 0.6 is 0 Å². The average molecular weight is 594 g/mol. The predicted molar refractivity (Wildman–Crippen MR) is 171 cm³/mol. The molecule has 0 N–H and O–H groups in total. The molecule has 2 unspecified atom stereocenters. The van der Waals surface area contributed by atoms with Gasteiger partial charge in [-0.05, 0) is 78.9 Å². The summed E-state index contributed by atoms with van der Waals surface area (Å²) >= 11 is 0. The third-order valence-corrected chi connectivity index (χ3v) is 7.39. The van der Waals surface area contributed by atoms with Gasteiger partial charge in [-0.2, -0.15) is 0 Å².